The summed E-state index contributed by atoms with van der Waals surface area (Å²) >= 11 is 0. The van der Waals surface area contributed by atoms with Crippen molar-refractivity contribution in [3.63, 3.8) is 0 Å². The number of hydrogen-bond acceptors (Lipinski definition) is 5. The number of para-hydroxylation sites is 1. The Morgan fingerprint density at radius 2 is 1.83 bits per heavy atom. The molecule has 1 aliphatic rings. The molecular weight excluding hydrogens is 372 g/mol. The van der Waals surface area contributed by atoms with Crippen molar-refractivity contribution >= 4 is 22.7 Å². The number of aromatic nitrogens is 2. The van der Waals surface area contributed by atoms with Crippen LogP contribution in [0.3, 0.4) is 0 Å². The van der Waals surface area contributed by atoms with Crippen molar-refractivity contribution < 1.29 is 14.0 Å². The second kappa shape index (κ2) is 8.30. The maximum atomic E-state index is 12.7. The zero-order valence-electron chi connectivity index (χ0n) is 16.0. The molecule has 1 aliphatic heterocycles. The molecule has 0 bridgehead atoms. The van der Waals surface area contributed by atoms with Gasteiger partial charge in [-0.1, -0.05) is 12.1 Å². The van der Waals surface area contributed by atoms with Gasteiger partial charge in [0.1, 0.15) is 6.26 Å². The Hall–Kier alpha value is -3.42. The molecule has 3 heterocycles. The molecule has 2 aromatic heterocycles. The third-order valence-electron chi connectivity index (χ3n) is 5.20. The number of carbonyl (C=O) groups excluding carboxylic acids is 2. The van der Waals surface area contributed by atoms with Crippen LogP contribution < -0.4 is 5.56 Å². The summed E-state index contributed by atoms with van der Waals surface area (Å²) < 4.78 is 6.46. The molecule has 3 aromatic rings. The standard InChI is InChI=1S/C21H22N4O4/c26-19(6-10-25-15-22-18-5-2-1-4-17(18)21(25)28)23-8-3-9-24(12-11-23)20(27)16-7-13-29-14-16/h1-2,4-5,7,13-15H,3,6,8-12H2. The molecule has 29 heavy (non-hydrogen) atoms. The molecule has 0 saturated carbocycles. The number of nitrogens with zero attached hydrogens (tertiary/aromatic N) is 4. The fraction of sp³-hybridized carbons (Fsp3) is 0.333. The Morgan fingerprint density at radius 1 is 1.03 bits per heavy atom. The summed E-state index contributed by atoms with van der Waals surface area (Å²) in [7, 11) is 0. The van der Waals surface area contributed by atoms with Crippen LogP contribution in [0.4, 0.5) is 0 Å². The van der Waals surface area contributed by atoms with Crippen LogP contribution in [0.2, 0.25) is 0 Å². The van der Waals surface area contributed by atoms with Crippen molar-refractivity contribution in [2.75, 3.05) is 26.2 Å². The summed E-state index contributed by atoms with van der Waals surface area (Å²) in [4.78, 5) is 45.5. The van der Waals surface area contributed by atoms with Gasteiger partial charge in [-0.25, -0.2) is 4.98 Å². The van der Waals surface area contributed by atoms with Crippen molar-refractivity contribution in [3.8, 4) is 0 Å². The van der Waals surface area contributed by atoms with Gasteiger partial charge in [0.25, 0.3) is 11.5 Å². The van der Waals surface area contributed by atoms with E-state index in [0.717, 1.165) is 0 Å². The number of aryl methyl sites for hydroxylation is 1. The van der Waals surface area contributed by atoms with E-state index in [0.29, 0.717) is 49.1 Å². The summed E-state index contributed by atoms with van der Waals surface area (Å²) in [6.45, 7) is 2.44. The van der Waals surface area contributed by atoms with Crippen LogP contribution in [0.25, 0.3) is 10.9 Å². The van der Waals surface area contributed by atoms with Gasteiger partial charge in [-0.3, -0.25) is 19.0 Å². The Balaban J connectivity index is 1.36. The molecule has 2 amide bonds. The van der Waals surface area contributed by atoms with Gasteiger partial charge >= 0.3 is 0 Å². The van der Waals surface area contributed by atoms with Crippen LogP contribution in [-0.2, 0) is 11.3 Å². The van der Waals surface area contributed by atoms with Crippen LogP contribution in [0.15, 0.2) is 58.4 Å². The summed E-state index contributed by atoms with van der Waals surface area (Å²) in [6.07, 6.45) is 5.34. The Morgan fingerprint density at radius 3 is 2.66 bits per heavy atom. The lowest BCUT2D eigenvalue weighted by Gasteiger charge is -2.22. The summed E-state index contributed by atoms with van der Waals surface area (Å²) in [5.74, 6) is -0.107. The highest BCUT2D eigenvalue weighted by molar-refractivity contribution is 5.93. The van der Waals surface area contributed by atoms with E-state index >= 15 is 0 Å². The van der Waals surface area contributed by atoms with E-state index in [1.165, 1.54) is 23.4 Å². The Bertz CT molecular complexity index is 1070. The second-order valence-electron chi connectivity index (χ2n) is 7.05. The maximum Gasteiger partial charge on any atom is 0.261 e. The van der Waals surface area contributed by atoms with Crippen LogP contribution in [0.1, 0.15) is 23.2 Å². The fourth-order valence-corrected chi connectivity index (χ4v) is 3.58. The molecule has 150 valence electrons. The summed E-state index contributed by atoms with van der Waals surface area (Å²) in [5.41, 5.74) is 1.03. The fourth-order valence-electron chi connectivity index (χ4n) is 3.58. The van der Waals surface area contributed by atoms with Crippen molar-refractivity contribution in [3.05, 3.63) is 65.1 Å². The van der Waals surface area contributed by atoms with Crippen molar-refractivity contribution in [1.82, 2.24) is 19.4 Å². The van der Waals surface area contributed by atoms with E-state index in [9.17, 15) is 14.4 Å². The van der Waals surface area contributed by atoms with Gasteiger partial charge in [-0.05, 0) is 24.6 Å². The maximum absolute atomic E-state index is 12.7. The molecule has 8 heteroatoms. The normalized spacial score (nSPS) is 14.8. The Labute approximate surface area is 167 Å². The van der Waals surface area contributed by atoms with Crippen molar-refractivity contribution in [1.29, 1.82) is 0 Å². The predicted octanol–water partition coefficient (Wildman–Crippen LogP) is 1.75. The topological polar surface area (TPSA) is 88.7 Å². The van der Waals surface area contributed by atoms with E-state index in [2.05, 4.69) is 4.98 Å². The van der Waals surface area contributed by atoms with Crippen LogP contribution in [-0.4, -0.2) is 57.3 Å². The van der Waals surface area contributed by atoms with E-state index in [1.54, 1.807) is 34.1 Å². The largest absolute Gasteiger partial charge is 0.472 e. The monoisotopic (exact) mass is 394 g/mol. The van der Waals surface area contributed by atoms with Gasteiger partial charge in [0.05, 0.1) is 29.1 Å². The number of furan rings is 1. The zero-order valence-corrected chi connectivity index (χ0v) is 16.0. The highest BCUT2D eigenvalue weighted by Gasteiger charge is 2.23. The van der Waals surface area contributed by atoms with E-state index in [4.69, 9.17) is 4.42 Å². The van der Waals surface area contributed by atoms with Crippen LogP contribution in [0, 0.1) is 0 Å². The predicted molar refractivity (Wildman–Crippen MR) is 106 cm³/mol. The highest BCUT2D eigenvalue weighted by Crippen LogP contribution is 2.11. The molecule has 1 aromatic carbocycles. The minimum Gasteiger partial charge on any atom is -0.472 e. The Kier molecular flexibility index (Phi) is 5.41. The van der Waals surface area contributed by atoms with Gasteiger partial charge in [0.15, 0.2) is 0 Å². The lowest BCUT2D eigenvalue weighted by Crippen LogP contribution is -2.37. The molecule has 0 unspecified atom stereocenters. The minimum absolute atomic E-state index is 0.0253. The smallest absolute Gasteiger partial charge is 0.261 e. The average Bonchev–Trinajstić information content (AvgIpc) is 3.17. The molecule has 8 nitrogen and oxygen atoms in total. The van der Waals surface area contributed by atoms with Gasteiger partial charge < -0.3 is 14.2 Å². The molecule has 4 rings (SSSR count). The van der Waals surface area contributed by atoms with Crippen molar-refractivity contribution in [2.24, 2.45) is 0 Å². The molecule has 0 spiro atoms. The number of amides is 2. The number of rotatable bonds is 4. The van der Waals surface area contributed by atoms with Crippen LogP contribution in [0.5, 0.6) is 0 Å². The quantitative estimate of drug-likeness (QED) is 0.673. The molecule has 0 atom stereocenters. The third-order valence-corrected chi connectivity index (χ3v) is 5.20. The first-order valence-electron chi connectivity index (χ1n) is 9.67. The molecular formula is C21H22N4O4. The van der Waals surface area contributed by atoms with Gasteiger partial charge in [0.2, 0.25) is 5.91 Å². The number of benzene rings is 1. The average molecular weight is 394 g/mol. The lowest BCUT2D eigenvalue weighted by molar-refractivity contribution is -0.131. The minimum atomic E-state index is -0.142. The van der Waals surface area contributed by atoms with E-state index in [1.807, 2.05) is 6.07 Å². The summed E-state index contributed by atoms with van der Waals surface area (Å²) in [6, 6.07) is 8.81. The molecule has 0 radical (unpaired) electrons. The van der Waals surface area contributed by atoms with Gasteiger partial charge in [-0.15, -0.1) is 0 Å². The molecule has 0 aliphatic carbocycles. The number of carbonyl (C=O) groups is 2. The summed E-state index contributed by atoms with van der Waals surface area (Å²) in [5, 5.41) is 0.547. The lowest BCUT2D eigenvalue weighted by atomic mass is 10.2. The van der Waals surface area contributed by atoms with Crippen molar-refractivity contribution in [2.45, 2.75) is 19.4 Å². The first-order chi connectivity index (χ1) is 14.1. The second-order valence-corrected chi connectivity index (χ2v) is 7.05. The van der Waals surface area contributed by atoms with E-state index < -0.39 is 0 Å². The molecule has 0 N–H and O–H groups in total. The molecule has 1 saturated heterocycles. The SMILES string of the molecule is O=C(CCn1cnc2ccccc2c1=O)N1CCCN(C(=O)c2ccoc2)CC1. The van der Waals surface area contributed by atoms with Crippen LogP contribution >= 0.6 is 0 Å². The zero-order chi connectivity index (χ0) is 20.2. The van der Waals surface area contributed by atoms with E-state index in [-0.39, 0.29) is 30.3 Å². The first-order valence-corrected chi connectivity index (χ1v) is 9.67. The van der Waals surface area contributed by atoms with Gasteiger partial charge in [-0.2, -0.15) is 0 Å². The van der Waals surface area contributed by atoms with Gasteiger partial charge in [0, 0.05) is 39.1 Å². The third kappa shape index (κ3) is 4.06. The molecule has 1 fully saturated rings. The highest BCUT2D eigenvalue weighted by atomic mass is 16.3. The number of fused-ring (bicyclic) bond motifs is 1. The number of hydrogen-bond donors (Lipinski definition) is 0. The first kappa shape index (κ1) is 18.9.